The summed E-state index contributed by atoms with van der Waals surface area (Å²) >= 11 is 1.40. The van der Waals surface area contributed by atoms with Gasteiger partial charge in [0.1, 0.15) is 52.1 Å². The predicted octanol–water partition coefficient (Wildman–Crippen LogP) is 7.10. The molecule has 3 amide bonds. The summed E-state index contributed by atoms with van der Waals surface area (Å²) in [4.78, 5) is 78.4. The van der Waals surface area contributed by atoms with Gasteiger partial charge in [-0.1, -0.05) is 53.7 Å². The fourth-order valence-electron chi connectivity index (χ4n) is 8.06. The third kappa shape index (κ3) is 9.37. The number of aromatic nitrogens is 2. The van der Waals surface area contributed by atoms with E-state index in [2.05, 4.69) is 17.2 Å². The van der Waals surface area contributed by atoms with E-state index < -0.39 is 58.9 Å². The minimum absolute atomic E-state index is 0.0193. The summed E-state index contributed by atoms with van der Waals surface area (Å²) < 4.78 is 12.4. The smallest absolute Gasteiger partial charge is 0.408 e. The first-order valence-electron chi connectivity index (χ1n) is 20.2. The minimum Gasteiger partial charge on any atom is -0.488 e. The standard InChI is InChI=1S/C44H57N5O8S/c1-10-26-20-44(26,40(53)54)48-38(51)33-18-29(22-49(33)39(52)37(43(7,8)9)47-41(55)57-28-13-11-12-14-28)56-34-19-31(46-36-25(3)24(2)15-16-30(34)36)32-23-58-35(45-32)17-27(50)21-42(4,5)6/h10,15-16,19,23,26,28-29,33,37H,1,11-14,17-18,20-22H2,2-9H3,(H,47,55)(H,48,51)(H,53,54)/t26-,29-,33+,37-,44-/m1/s1. The van der Waals surface area contributed by atoms with Crippen LogP contribution >= 0.6 is 11.3 Å². The summed E-state index contributed by atoms with van der Waals surface area (Å²) in [5, 5.41) is 19.0. The molecule has 58 heavy (non-hydrogen) atoms. The summed E-state index contributed by atoms with van der Waals surface area (Å²) in [5.74, 6) is -2.19. The van der Waals surface area contributed by atoms with Crippen LogP contribution in [0.2, 0.25) is 0 Å². The second-order valence-electron chi connectivity index (χ2n) is 18.5. The number of hydrogen-bond donors (Lipinski definition) is 3. The van der Waals surface area contributed by atoms with Crippen molar-refractivity contribution in [2.75, 3.05) is 6.54 Å². The van der Waals surface area contributed by atoms with Crippen LogP contribution in [-0.2, 0) is 30.3 Å². The fraction of sp³-hybridized carbons (Fsp3) is 0.568. The van der Waals surface area contributed by atoms with Crippen LogP contribution in [0.1, 0.15) is 103 Å². The van der Waals surface area contributed by atoms with Gasteiger partial charge in [-0.05, 0) is 74.0 Å². The van der Waals surface area contributed by atoms with E-state index in [1.54, 1.807) is 6.07 Å². The lowest BCUT2D eigenvalue weighted by molar-refractivity contribution is -0.146. The minimum atomic E-state index is -1.52. The Morgan fingerprint density at radius 3 is 2.38 bits per heavy atom. The van der Waals surface area contributed by atoms with Crippen molar-refractivity contribution in [1.29, 1.82) is 0 Å². The first-order chi connectivity index (χ1) is 27.2. The number of benzene rings is 1. The lowest BCUT2D eigenvalue weighted by Crippen LogP contribution is -2.59. The molecule has 0 spiro atoms. The number of nitrogens with zero attached hydrogens (tertiary/aromatic N) is 3. The Kier molecular flexibility index (Phi) is 12.1. The molecule has 2 aliphatic carbocycles. The van der Waals surface area contributed by atoms with Crippen molar-refractivity contribution in [2.45, 2.75) is 137 Å². The molecule has 3 N–H and O–H groups in total. The summed E-state index contributed by atoms with van der Waals surface area (Å²) in [6, 6.07) is 3.52. The monoisotopic (exact) mass is 815 g/mol. The maximum absolute atomic E-state index is 14.6. The van der Waals surface area contributed by atoms with Gasteiger partial charge in [0.2, 0.25) is 11.8 Å². The molecular weight excluding hydrogens is 759 g/mol. The number of hydrogen-bond acceptors (Lipinski definition) is 10. The number of fused-ring (bicyclic) bond motifs is 1. The average Bonchev–Trinajstić information content (AvgIpc) is 3.54. The highest BCUT2D eigenvalue weighted by atomic mass is 32.1. The number of carboxylic acid groups (broad SMARTS) is 1. The quantitative estimate of drug-likeness (QED) is 0.151. The molecular formula is C44H57N5O8S. The van der Waals surface area contributed by atoms with Gasteiger partial charge in [0.25, 0.3) is 0 Å². The zero-order chi connectivity index (χ0) is 42.3. The number of aryl methyl sites for hydroxylation is 2. The largest absolute Gasteiger partial charge is 0.488 e. The van der Waals surface area contributed by atoms with Crippen molar-refractivity contribution < 1.29 is 38.6 Å². The van der Waals surface area contributed by atoms with Crippen molar-refractivity contribution >= 4 is 51.9 Å². The highest BCUT2D eigenvalue weighted by molar-refractivity contribution is 7.10. The van der Waals surface area contributed by atoms with E-state index in [9.17, 15) is 29.1 Å². The van der Waals surface area contributed by atoms with Gasteiger partial charge in [0, 0.05) is 35.6 Å². The van der Waals surface area contributed by atoms with Gasteiger partial charge in [0.05, 0.1) is 24.2 Å². The Hall–Kier alpha value is -4.85. The van der Waals surface area contributed by atoms with Gasteiger partial charge < -0.3 is 30.1 Å². The normalized spacial score (nSPS) is 22.7. The molecule has 14 heteroatoms. The van der Waals surface area contributed by atoms with Gasteiger partial charge >= 0.3 is 12.1 Å². The van der Waals surface area contributed by atoms with Gasteiger partial charge in [-0.3, -0.25) is 14.4 Å². The van der Waals surface area contributed by atoms with Crippen LogP contribution in [-0.4, -0.2) is 86.0 Å². The third-order valence-electron chi connectivity index (χ3n) is 11.5. The molecule has 1 saturated heterocycles. The number of aliphatic carboxylic acids is 1. The van der Waals surface area contributed by atoms with Gasteiger partial charge in [0.15, 0.2) is 0 Å². The molecule has 13 nitrogen and oxygen atoms in total. The van der Waals surface area contributed by atoms with Gasteiger partial charge in [-0.25, -0.2) is 19.6 Å². The Morgan fingerprint density at radius 1 is 1.05 bits per heavy atom. The number of ether oxygens (including phenoxy) is 2. The van der Waals surface area contributed by atoms with Crippen molar-refractivity contribution in [3.05, 3.63) is 52.4 Å². The molecule has 3 aromatic rings. The van der Waals surface area contributed by atoms with Crippen molar-refractivity contribution in [3.63, 3.8) is 0 Å². The number of ketones is 1. The highest BCUT2D eigenvalue weighted by Crippen LogP contribution is 2.45. The molecule has 0 unspecified atom stereocenters. The van der Waals surface area contributed by atoms with E-state index >= 15 is 0 Å². The maximum Gasteiger partial charge on any atom is 0.408 e. The van der Waals surface area contributed by atoms with Gasteiger partial charge in [-0.15, -0.1) is 17.9 Å². The molecule has 2 saturated carbocycles. The first-order valence-corrected chi connectivity index (χ1v) is 21.1. The molecule has 1 aromatic carbocycles. The van der Waals surface area contributed by atoms with Crippen LogP contribution in [0.3, 0.4) is 0 Å². The Labute approximate surface area is 344 Å². The number of carboxylic acids is 1. The maximum atomic E-state index is 14.6. The number of Topliss-reactive ketones (excluding diaryl/α,β-unsaturated/α-hetero) is 1. The summed E-state index contributed by atoms with van der Waals surface area (Å²) in [5.41, 5.74) is 1.39. The SMILES string of the molecule is C=C[C@@H]1C[C@]1(NC(=O)[C@@H]1C[C@@H](Oc2cc(-c3csc(CC(=O)CC(C)(C)C)n3)nc3c(C)c(C)ccc23)CN1C(=O)[C@@H](NC(=O)OC1CCCC1)C(C)(C)C)C(=O)O. The average molecular weight is 816 g/mol. The van der Waals surface area contributed by atoms with Crippen LogP contribution in [0.4, 0.5) is 4.79 Å². The van der Waals surface area contributed by atoms with Crippen LogP contribution < -0.4 is 15.4 Å². The van der Waals surface area contributed by atoms with E-state index in [0.717, 1.165) is 42.2 Å². The van der Waals surface area contributed by atoms with Gasteiger partial charge in [-0.2, -0.15) is 0 Å². The second-order valence-corrected chi connectivity index (χ2v) is 19.5. The number of rotatable bonds is 13. The molecule has 5 atom stereocenters. The van der Waals surface area contributed by atoms with Crippen molar-refractivity contribution in [2.24, 2.45) is 16.7 Å². The van der Waals surface area contributed by atoms with Crippen LogP contribution in [0.25, 0.3) is 22.3 Å². The highest BCUT2D eigenvalue weighted by Gasteiger charge is 2.61. The number of thiazole rings is 1. The molecule has 1 aliphatic heterocycles. The van der Waals surface area contributed by atoms with Crippen LogP contribution in [0.15, 0.2) is 36.2 Å². The van der Waals surface area contributed by atoms with Crippen LogP contribution in [0.5, 0.6) is 5.75 Å². The first kappa shape index (κ1) is 42.7. The van der Waals surface area contributed by atoms with Crippen LogP contribution in [0, 0.1) is 30.6 Å². The topological polar surface area (TPSA) is 177 Å². The Bertz CT molecular complexity index is 2110. The van der Waals surface area contributed by atoms with E-state index in [1.807, 2.05) is 72.9 Å². The molecule has 0 bridgehead atoms. The number of carbonyl (C=O) groups excluding carboxylic acids is 4. The van der Waals surface area contributed by atoms with E-state index in [0.29, 0.717) is 34.1 Å². The molecule has 312 valence electrons. The fourth-order valence-corrected chi connectivity index (χ4v) is 8.87. The van der Waals surface area contributed by atoms with E-state index in [1.165, 1.54) is 22.3 Å². The molecule has 0 radical (unpaired) electrons. The third-order valence-corrected chi connectivity index (χ3v) is 12.3. The summed E-state index contributed by atoms with van der Waals surface area (Å²) in [7, 11) is 0. The number of pyridine rings is 1. The number of amides is 3. The zero-order valence-electron chi connectivity index (χ0n) is 34.9. The molecule has 2 aromatic heterocycles. The van der Waals surface area contributed by atoms with Crippen molar-refractivity contribution in [1.82, 2.24) is 25.5 Å². The van der Waals surface area contributed by atoms with E-state index in [4.69, 9.17) is 19.4 Å². The number of alkyl carbamates (subject to hydrolysis) is 1. The number of likely N-dealkylation sites (tertiary alicyclic amines) is 1. The molecule has 3 fully saturated rings. The van der Waals surface area contributed by atoms with Crippen molar-refractivity contribution in [3.8, 4) is 17.1 Å². The molecule has 3 aliphatic rings. The Balaban J connectivity index is 1.32. The van der Waals surface area contributed by atoms with E-state index in [-0.39, 0.29) is 43.1 Å². The summed E-state index contributed by atoms with van der Waals surface area (Å²) in [6.45, 7) is 19.3. The lowest BCUT2D eigenvalue weighted by atomic mass is 9.85. The zero-order valence-corrected chi connectivity index (χ0v) is 35.7. The number of nitrogens with one attached hydrogen (secondary N) is 2. The Morgan fingerprint density at radius 2 is 1.76 bits per heavy atom. The molecule has 6 rings (SSSR count). The molecule has 3 heterocycles. The summed E-state index contributed by atoms with van der Waals surface area (Å²) in [6.07, 6.45) is 4.24. The predicted molar refractivity (Wildman–Crippen MR) is 222 cm³/mol. The second kappa shape index (κ2) is 16.4. The lowest BCUT2D eigenvalue weighted by Gasteiger charge is -2.35. The number of carbonyl (C=O) groups is 5.